The van der Waals surface area contributed by atoms with E-state index in [1.165, 1.54) is 5.56 Å². The monoisotopic (exact) mass is 324 g/mol. The van der Waals surface area contributed by atoms with Crippen LogP contribution >= 0.6 is 0 Å². The number of carbonyl (C=O) groups excluding carboxylic acids is 1. The number of carbonyl (C=O) groups is 1. The molecule has 1 heterocycles. The molecule has 126 valence electrons. The zero-order chi connectivity index (χ0) is 16.9. The smallest absolute Gasteiger partial charge is 0.227 e. The first-order chi connectivity index (χ1) is 11.7. The van der Waals surface area contributed by atoms with Crippen LogP contribution in [-0.4, -0.2) is 37.6 Å². The van der Waals surface area contributed by atoms with Crippen LogP contribution in [0.15, 0.2) is 54.6 Å². The lowest BCUT2D eigenvalue weighted by Crippen LogP contribution is -2.31. The molecule has 4 nitrogen and oxygen atoms in total. The molecule has 1 aliphatic heterocycles. The molecular weight excluding hydrogens is 300 g/mol. The predicted octanol–water partition coefficient (Wildman–Crippen LogP) is 2.44. The summed E-state index contributed by atoms with van der Waals surface area (Å²) in [5, 5.41) is 0. The molecule has 1 fully saturated rings. The largest absolute Gasteiger partial charge is 0.497 e. The van der Waals surface area contributed by atoms with Crippen molar-refractivity contribution in [2.24, 2.45) is 11.7 Å². The molecule has 0 aliphatic carbocycles. The molecule has 0 bridgehead atoms. The lowest BCUT2D eigenvalue weighted by molar-refractivity contribution is -0.129. The summed E-state index contributed by atoms with van der Waals surface area (Å²) in [6.07, 6.45) is 0.419. The van der Waals surface area contributed by atoms with Crippen molar-refractivity contribution in [2.45, 2.75) is 12.3 Å². The Morgan fingerprint density at radius 3 is 2.46 bits per heavy atom. The Bertz CT molecular complexity index is 670. The van der Waals surface area contributed by atoms with E-state index >= 15 is 0 Å². The normalized spacial score (nSPS) is 20.2. The van der Waals surface area contributed by atoms with Crippen LogP contribution in [-0.2, 0) is 11.2 Å². The SMILES string of the molecule is COc1ccc(CC(=O)N2C[C@@H](CN)[C@H](c3ccccc3)C2)cc1. The topological polar surface area (TPSA) is 55.6 Å². The van der Waals surface area contributed by atoms with Gasteiger partial charge in [0.05, 0.1) is 13.5 Å². The first-order valence-electron chi connectivity index (χ1n) is 8.37. The van der Waals surface area contributed by atoms with Crippen molar-refractivity contribution in [1.29, 1.82) is 0 Å². The number of hydrogen-bond acceptors (Lipinski definition) is 3. The summed E-state index contributed by atoms with van der Waals surface area (Å²) in [5.74, 6) is 1.62. The van der Waals surface area contributed by atoms with E-state index in [1.54, 1.807) is 7.11 Å². The minimum atomic E-state index is 0.164. The fraction of sp³-hybridized carbons (Fsp3) is 0.350. The van der Waals surface area contributed by atoms with Gasteiger partial charge in [-0.25, -0.2) is 0 Å². The molecule has 0 aromatic heterocycles. The number of nitrogens with two attached hydrogens (primary N) is 1. The van der Waals surface area contributed by atoms with Crippen LogP contribution in [0.2, 0.25) is 0 Å². The summed E-state index contributed by atoms with van der Waals surface area (Å²) < 4.78 is 5.16. The molecule has 1 aliphatic rings. The van der Waals surface area contributed by atoms with Gasteiger partial charge in [-0.1, -0.05) is 42.5 Å². The van der Waals surface area contributed by atoms with Crippen LogP contribution in [0.3, 0.4) is 0 Å². The fourth-order valence-corrected chi connectivity index (χ4v) is 3.42. The molecule has 3 rings (SSSR count). The molecule has 2 atom stereocenters. The highest BCUT2D eigenvalue weighted by atomic mass is 16.5. The third kappa shape index (κ3) is 3.60. The second kappa shape index (κ2) is 7.49. The number of likely N-dealkylation sites (tertiary alicyclic amines) is 1. The summed E-state index contributed by atoms with van der Waals surface area (Å²) in [6.45, 7) is 2.10. The van der Waals surface area contributed by atoms with Gasteiger partial charge in [0.25, 0.3) is 0 Å². The van der Waals surface area contributed by atoms with Crippen molar-refractivity contribution in [3.8, 4) is 5.75 Å². The van der Waals surface area contributed by atoms with E-state index in [-0.39, 0.29) is 5.91 Å². The predicted molar refractivity (Wildman–Crippen MR) is 95.0 cm³/mol. The molecule has 0 unspecified atom stereocenters. The summed E-state index contributed by atoms with van der Waals surface area (Å²) in [5.41, 5.74) is 8.24. The molecule has 4 heteroatoms. The summed E-state index contributed by atoms with van der Waals surface area (Å²) in [4.78, 5) is 14.6. The van der Waals surface area contributed by atoms with Gasteiger partial charge in [0, 0.05) is 19.0 Å². The number of ether oxygens (including phenoxy) is 1. The van der Waals surface area contributed by atoms with Crippen LogP contribution in [0.25, 0.3) is 0 Å². The molecule has 0 radical (unpaired) electrons. The van der Waals surface area contributed by atoms with Crippen molar-refractivity contribution < 1.29 is 9.53 Å². The Morgan fingerprint density at radius 2 is 1.83 bits per heavy atom. The Morgan fingerprint density at radius 1 is 1.12 bits per heavy atom. The number of hydrogen-bond donors (Lipinski definition) is 1. The first-order valence-corrected chi connectivity index (χ1v) is 8.37. The molecule has 2 aromatic carbocycles. The molecule has 2 N–H and O–H groups in total. The second-order valence-corrected chi connectivity index (χ2v) is 6.34. The Labute approximate surface area is 143 Å². The quantitative estimate of drug-likeness (QED) is 0.919. The number of nitrogens with zero attached hydrogens (tertiary/aromatic N) is 1. The van der Waals surface area contributed by atoms with Gasteiger partial charge in [-0.05, 0) is 35.7 Å². The van der Waals surface area contributed by atoms with Crippen LogP contribution < -0.4 is 10.5 Å². The molecule has 0 saturated carbocycles. The van der Waals surface area contributed by atoms with Gasteiger partial charge in [0.2, 0.25) is 5.91 Å². The van der Waals surface area contributed by atoms with Crippen LogP contribution in [0.4, 0.5) is 0 Å². The van der Waals surface area contributed by atoms with Gasteiger partial charge in [0.15, 0.2) is 0 Å². The van der Waals surface area contributed by atoms with Gasteiger partial charge in [-0.3, -0.25) is 4.79 Å². The molecule has 24 heavy (non-hydrogen) atoms. The summed E-state index contributed by atoms with van der Waals surface area (Å²) >= 11 is 0. The maximum absolute atomic E-state index is 12.7. The highest BCUT2D eigenvalue weighted by Crippen LogP contribution is 2.32. The zero-order valence-corrected chi connectivity index (χ0v) is 14.0. The van der Waals surface area contributed by atoms with E-state index in [0.717, 1.165) is 24.4 Å². The maximum Gasteiger partial charge on any atom is 0.227 e. The molecular formula is C20H24N2O2. The lowest BCUT2D eigenvalue weighted by Gasteiger charge is -2.17. The van der Waals surface area contributed by atoms with Crippen molar-refractivity contribution in [3.05, 3.63) is 65.7 Å². The van der Waals surface area contributed by atoms with Crippen LogP contribution in [0.5, 0.6) is 5.75 Å². The standard InChI is InChI=1S/C20H24N2O2/c1-24-18-9-7-15(8-10-18)11-20(23)22-13-17(12-21)19(14-22)16-5-3-2-4-6-16/h2-10,17,19H,11-14,21H2,1H3/t17-,19+/m1/s1. The third-order valence-electron chi connectivity index (χ3n) is 4.84. The minimum absolute atomic E-state index is 0.164. The third-order valence-corrected chi connectivity index (χ3v) is 4.84. The lowest BCUT2D eigenvalue weighted by atomic mass is 9.89. The summed E-state index contributed by atoms with van der Waals surface area (Å²) in [6, 6.07) is 18.0. The molecule has 2 aromatic rings. The maximum atomic E-state index is 12.7. The highest BCUT2D eigenvalue weighted by Gasteiger charge is 2.34. The van der Waals surface area contributed by atoms with E-state index in [2.05, 4.69) is 12.1 Å². The van der Waals surface area contributed by atoms with Gasteiger partial charge >= 0.3 is 0 Å². The zero-order valence-electron chi connectivity index (χ0n) is 14.0. The average molecular weight is 324 g/mol. The Hall–Kier alpha value is -2.33. The minimum Gasteiger partial charge on any atom is -0.497 e. The highest BCUT2D eigenvalue weighted by molar-refractivity contribution is 5.79. The first kappa shape index (κ1) is 16.5. The van der Waals surface area contributed by atoms with Gasteiger partial charge in [0.1, 0.15) is 5.75 Å². The van der Waals surface area contributed by atoms with Crippen molar-refractivity contribution in [3.63, 3.8) is 0 Å². The number of methoxy groups -OCH3 is 1. The Balaban J connectivity index is 1.67. The molecule has 1 saturated heterocycles. The van der Waals surface area contributed by atoms with Gasteiger partial charge < -0.3 is 15.4 Å². The number of rotatable bonds is 5. The van der Waals surface area contributed by atoms with E-state index in [4.69, 9.17) is 10.5 Å². The van der Waals surface area contributed by atoms with E-state index in [1.807, 2.05) is 47.4 Å². The molecule has 0 spiro atoms. The van der Waals surface area contributed by atoms with E-state index < -0.39 is 0 Å². The van der Waals surface area contributed by atoms with E-state index in [0.29, 0.717) is 24.8 Å². The van der Waals surface area contributed by atoms with E-state index in [9.17, 15) is 4.79 Å². The van der Waals surface area contributed by atoms with Crippen molar-refractivity contribution >= 4 is 5.91 Å². The van der Waals surface area contributed by atoms with Crippen LogP contribution in [0, 0.1) is 5.92 Å². The fourth-order valence-electron chi connectivity index (χ4n) is 3.42. The Kier molecular flexibility index (Phi) is 5.16. The van der Waals surface area contributed by atoms with Crippen LogP contribution in [0.1, 0.15) is 17.0 Å². The average Bonchev–Trinajstić information content (AvgIpc) is 3.08. The number of benzene rings is 2. The summed E-state index contributed by atoms with van der Waals surface area (Å²) in [7, 11) is 1.64. The van der Waals surface area contributed by atoms with Gasteiger partial charge in [-0.2, -0.15) is 0 Å². The number of amides is 1. The second-order valence-electron chi connectivity index (χ2n) is 6.34. The van der Waals surface area contributed by atoms with Crippen molar-refractivity contribution in [1.82, 2.24) is 4.90 Å². The molecule has 1 amide bonds. The van der Waals surface area contributed by atoms with Crippen molar-refractivity contribution in [2.75, 3.05) is 26.7 Å². The van der Waals surface area contributed by atoms with Gasteiger partial charge in [-0.15, -0.1) is 0 Å².